The Morgan fingerprint density at radius 3 is 2.50 bits per heavy atom. The predicted molar refractivity (Wildman–Crippen MR) is 72.0 cm³/mol. The maximum absolute atomic E-state index is 11.1. The lowest BCUT2D eigenvalue weighted by atomic mass is 10.2. The third-order valence-electron chi connectivity index (χ3n) is 2.42. The van der Waals surface area contributed by atoms with Gasteiger partial charge in [0, 0.05) is 25.1 Å². The molecule has 1 amide bonds. The van der Waals surface area contributed by atoms with E-state index in [1.54, 1.807) is 4.68 Å². The molecule has 1 aromatic heterocycles. The van der Waals surface area contributed by atoms with E-state index in [1.807, 2.05) is 66.9 Å². The number of benzene rings is 1. The molecule has 0 atom stereocenters. The highest BCUT2D eigenvalue weighted by Crippen LogP contribution is 2.04. The molecule has 18 heavy (non-hydrogen) atoms. The monoisotopic (exact) mass is 239 g/mol. The number of rotatable bonds is 3. The molecule has 0 saturated carbocycles. The van der Waals surface area contributed by atoms with Crippen LogP contribution < -0.4 is 10.1 Å². The molecule has 1 aromatic carbocycles. The molecule has 3 heteroatoms. The van der Waals surface area contributed by atoms with Crippen LogP contribution in [0.4, 0.5) is 0 Å². The predicted octanol–water partition coefficient (Wildman–Crippen LogP) is 2.23. The molecule has 0 aliphatic carbocycles. The zero-order valence-corrected chi connectivity index (χ0v) is 10.2. The van der Waals surface area contributed by atoms with Crippen molar-refractivity contribution in [1.29, 1.82) is 0 Å². The SMILES string of the molecule is CC(=O)N[n+]1ccccc1C=Cc1ccccc1. The van der Waals surface area contributed by atoms with E-state index in [2.05, 4.69) is 5.43 Å². The van der Waals surface area contributed by atoms with Gasteiger partial charge in [0.05, 0.1) is 0 Å². The van der Waals surface area contributed by atoms with Crippen molar-refractivity contribution in [1.82, 2.24) is 0 Å². The molecule has 0 fully saturated rings. The maximum atomic E-state index is 11.1. The summed E-state index contributed by atoms with van der Waals surface area (Å²) >= 11 is 0. The number of carbonyl (C=O) groups is 1. The molecular formula is C15H15N2O+. The summed E-state index contributed by atoms with van der Waals surface area (Å²) in [6.45, 7) is 1.49. The molecule has 3 nitrogen and oxygen atoms in total. The van der Waals surface area contributed by atoms with Crippen molar-refractivity contribution in [3.63, 3.8) is 0 Å². The van der Waals surface area contributed by atoms with Gasteiger partial charge in [-0.25, -0.2) is 0 Å². The molecule has 0 saturated heterocycles. The number of nitrogens with one attached hydrogen (secondary N) is 1. The van der Waals surface area contributed by atoms with Crippen LogP contribution in [0, 0.1) is 0 Å². The fourth-order valence-corrected chi connectivity index (χ4v) is 1.61. The number of amides is 1. The number of aromatic nitrogens is 1. The molecule has 90 valence electrons. The highest BCUT2D eigenvalue weighted by Gasteiger charge is 2.07. The van der Waals surface area contributed by atoms with Gasteiger partial charge in [0.1, 0.15) is 0 Å². The molecule has 0 radical (unpaired) electrons. The fraction of sp³-hybridized carbons (Fsp3) is 0.0667. The van der Waals surface area contributed by atoms with Gasteiger partial charge in [-0.3, -0.25) is 4.79 Å². The van der Waals surface area contributed by atoms with Gasteiger partial charge in [0.25, 0.3) is 5.91 Å². The highest BCUT2D eigenvalue weighted by molar-refractivity contribution is 5.79. The van der Waals surface area contributed by atoms with Gasteiger partial charge in [-0.1, -0.05) is 35.0 Å². The lowest BCUT2D eigenvalue weighted by Gasteiger charge is -1.98. The summed E-state index contributed by atoms with van der Waals surface area (Å²) in [6.07, 6.45) is 5.78. The van der Waals surface area contributed by atoms with Gasteiger partial charge in [-0.15, -0.1) is 5.43 Å². The van der Waals surface area contributed by atoms with Crippen molar-refractivity contribution in [2.75, 3.05) is 5.43 Å². The molecular weight excluding hydrogens is 224 g/mol. The first-order valence-corrected chi connectivity index (χ1v) is 5.77. The van der Waals surface area contributed by atoms with Crippen molar-refractivity contribution >= 4 is 18.1 Å². The van der Waals surface area contributed by atoms with E-state index in [0.717, 1.165) is 11.3 Å². The lowest BCUT2D eigenvalue weighted by molar-refractivity contribution is -0.644. The highest BCUT2D eigenvalue weighted by atomic mass is 16.2. The standard InChI is InChI=1S/C15H14N2O/c1-13(18)16-17-12-6-5-9-15(17)11-10-14-7-3-2-4-8-14/h2-12H,1H3/p+1. The number of pyridine rings is 1. The third kappa shape index (κ3) is 3.28. The molecule has 1 N–H and O–H groups in total. The summed E-state index contributed by atoms with van der Waals surface area (Å²) in [7, 11) is 0. The first-order chi connectivity index (χ1) is 8.75. The second kappa shape index (κ2) is 5.77. The quantitative estimate of drug-likeness (QED) is 0.819. The zero-order chi connectivity index (χ0) is 12.8. The Kier molecular flexibility index (Phi) is 3.86. The molecule has 2 aromatic rings. The van der Waals surface area contributed by atoms with Crippen LogP contribution in [-0.4, -0.2) is 5.91 Å². The Hall–Kier alpha value is -2.42. The minimum absolute atomic E-state index is 0.0967. The minimum atomic E-state index is -0.0967. The maximum Gasteiger partial charge on any atom is 0.271 e. The van der Waals surface area contributed by atoms with E-state index in [1.165, 1.54) is 6.92 Å². The van der Waals surface area contributed by atoms with Crippen LogP contribution in [0.5, 0.6) is 0 Å². The molecule has 0 aliphatic rings. The lowest BCUT2D eigenvalue weighted by Crippen LogP contribution is -2.49. The van der Waals surface area contributed by atoms with Gasteiger partial charge in [-0.2, -0.15) is 0 Å². The van der Waals surface area contributed by atoms with Crippen molar-refractivity contribution < 1.29 is 9.47 Å². The Morgan fingerprint density at radius 2 is 1.78 bits per heavy atom. The summed E-state index contributed by atoms with van der Waals surface area (Å²) in [5.41, 5.74) is 4.77. The van der Waals surface area contributed by atoms with Gasteiger partial charge in [-0.05, 0) is 17.7 Å². The number of hydrogen-bond donors (Lipinski definition) is 1. The Morgan fingerprint density at radius 1 is 1.06 bits per heavy atom. The second-order valence-corrected chi connectivity index (χ2v) is 3.91. The average molecular weight is 239 g/mol. The topological polar surface area (TPSA) is 33.0 Å². The summed E-state index contributed by atoms with van der Waals surface area (Å²) in [5.74, 6) is -0.0967. The van der Waals surface area contributed by atoms with Crippen LogP contribution in [-0.2, 0) is 4.79 Å². The number of nitrogens with zero attached hydrogens (tertiary/aromatic N) is 1. The van der Waals surface area contributed by atoms with E-state index in [0.29, 0.717) is 0 Å². The normalized spacial score (nSPS) is 10.5. The van der Waals surface area contributed by atoms with Gasteiger partial charge in [0.15, 0.2) is 0 Å². The first-order valence-electron chi connectivity index (χ1n) is 5.77. The second-order valence-electron chi connectivity index (χ2n) is 3.91. The minimum Gasteiger partial charge on any atom is -0.270 e. The summed E-state index contributed by atoms with van der Waals surface area (Å²) in [5, 5.41) is 0. The van der Waals surface area contributed by atoms with Gasteiger partial charge >= 0.3 is 0 Å². The number of hydrogen-bond acceptors (Lipinski definition) is 1. The van der Waals surface area contributed by atoms with Crippen LogP contribution in [0.2, 0.25) is 0 Å². The average Bonchev–Trinajstić information content (AvgIpc) is 2.38. The smallest absolute Gasteiger partial charge is 0.270 e. The van der Waals surface area contributed by atoms with Crippen molar-refractivity contribution in [2.45, 2.75) is 6.92 Å². The van der Waals surface area contributed by atoms with E-state index in [-0.39, 0.29) is 5.91 Å². The van der Waals surface area contributed by atoms with Crippen LogP contribution in [0.1, 0.15) is 18.2 Å². The third-order valence-corrected chi connectivity index (χ3v) is 2.42. The molecule has 0 bridgehead atoms. The van der Waals surface area contributed by atoms with Crippen LogP contribution >= 0.6 is 0 Å². The summed E-state index contributed by atoms with van der Waals surface area (Å²) in [4.78, 5) is 11.1. The Bertz CT molecular complexity index is 562. The first kappa shape index (κ1) is 12.0. The molecule has 0 aliphatic heterocycles. The van der Waals surface area contributed by atoms with Crippen LogP contribution in [0.25, 0.3) is 12.2 Å². The van der Waals surface area contributed by atoms with E-state index in [4.69, 9.17) is 0 Å². The van der Waals surface area contributed by atoms with Crippen LogP contribution in [0.15, 0.2) is 54.7 Å². The Labute approximate surface area is 106 Å². The van der Waals surface area contributed by atoms with Gasteiger partial charge in [0.2, 0.25) is 11.9 Å². The Balaban J connectivity index is 2.23. The van der Waals surface area contributed by atoms with E-state index < -0.39 is 0 Å². The molecule has 2 rings (SSSR count). The zero-order valence-electron chi connectivity index (χ0n) is 10.2. The molecule has 0 spiro atoms. The van der Waals surface area contributed by atoms with Crippen molar-refractivity contribution in [3.8, 4) is 0 Å². The summed E-state index contributed by atoms with van der Waals surface area (Å²) < 4.78 is 1.70. The molecule has 0 unspecified atom stereocenters. The van der Waals surface area contributed by atoms with Gasteiger partial charge < -0.3 is 0 Å². The largest absolute Gasteiger partial charge is 0.271 e. The van der Waals surface area contributed by atoms with Crippen molar-refractivity contribution in [2.24, 2.45) is 0 Å². The van der Waals surface area contributed by atoms with E-state index >= 15 is 0 Å². The van der Waals surface area contributed by atoms with Crippen molar-refractivity contribution in [3.05, 3.63) is 66.0 Å². The van der Waals surface area contributed by atoms with E-state index in [9.17, 15) is 4.79 Å². The molecule has 1 heterocycles. The van der Waals surface area contributed by atoms with Crippen LogP contribution in [0.3, 0.4) is 0 Å². The number of carbonyl (C=O) groups excluding carboxylic acids is 1. The summed E-state index contributed by atoms with van der Waals surface area (Å²) in [6, 6.07) is 15.8. The fourth-order valence-electron chi connectivity index (χ4n) is 1.61.